The highest BCUT2D eigenvalue weighted by molar-refractivity contribution is 5.29. The van der Waals surface area contributed by atoms with Gasteiger partial charge < -0.3 is 14.9 Å². The molecule has 0 aliphatic heterocycles. The van der Waals surface area contributed by atoms with Gasteiger partial charge in [0, 0.05) is 13.5 Å². The molecule has 3 atom stereocenters. The summed E-state index contributed by atoms with van der Waals surface area (Å²) >= 11 is 0. The second kappa shape index (κ2) is 5.51. The Morgan fingerprint density at radius 2 is 2.06 bits per heavy atom. The fourth-order valence-corrected chi connectivity index (χ4v) is 2.80. The number of aliphatic hydroxyl groups excluding tert-OH is 2. The lowest BCUT2D eigenvalue weighted by Gasteiger charge is -2.39. The Labute approximate surface area is 104 Å². The Hall–Kier alpha value is -0.380. The van der Waals surface area contributed by atoms with Crippen molar-refractivity contribution < 1.29 is 14.9 Å². The van der Waals surface area contributed by atoms with Crippen LogP contribution in [0.15, 0.2) is 11.1 Å². The maximum atomic E-state index is 10.4. The normalized spacial score (nSPS) is 28.1. The quantitative estimate of drug-likeness (QED) is 0.744. The van der Waals surface area contributed by atoms with Crippen molar-refractivity contribution in [3.8, 4) is 0 Å². The summed E-state index contributed by atoms with van der Waals surface area (Å²) in [4.78, 5) is 0. The van der Waals surface area contributed by atoms with Gasteiger partial charge in [-0.15, -0.1) is 0 Å². The van der Waals surface area contributed by atoms with E-state index in [1.165, 1.54) is 0 Å². The van der Waals surface area contributed by atoms with Gasteiger partial charge in [0.25, 0.3) is 0 Å². The monoisotopic (exact) mass is 242 g/mol. The van der Waals surface area contributed by atoms with Crippen LogP contribution >= 0.6 is 0 Å². The smallest absolute Gasteiger partial charge is 0.0783 e. The standard InChI is InChI=1S/C14H26O3/c1-9(17-5)8-12(16)13-10(2)11(15)6-7-14(13,3)4/h9,11-12,15-16H,6-8H2,1-5H3. The van der Waals surface area contributed by atoms with Crippen LogP contribution in [-0.2, 0) is 4.74 Å². The molecule has 0 fully saturated rings. The summed E-state index contributed by atoms with van der Waals surface area (Å²) < 4.78 is 5.20. The molecule has 0 radical (unpaired) electrons. The van der Waals surface area contributed by atoms with Gasteiger partial charge in [0.05, 0.1) is 18.3 Å². The van der Waals surface area contributed by atoms with Crippen molar-refractivity contribution in [3.63, 3.8) is 0 Å². The first-order chi connectivity index (χ1) is 7.79. The van der Waals surface area contributed by atoms with Gasteiger partial charge in [-0.25, -0.2) is 0 Å². The third-order valence-corrected chi connectivity index (χ3v) is 3.99. The van der Waals surface area contributed by atoms with E-state index in [1.54, 1.807) is 7.11 Å². The summed E-state index contributed by atoms with van der Waals surface area (Å²) in [6, 6.07) is 0. The van der Waals surface area contributed by atoms with Gasteiger partial charge in [-0.3, -0.25) is 0 Å². The SMILES string of the molecule is COC(C)CC(O)C1=C(C)C(O)CCC1(C)C. The van der Waals surface area contributed by atoms with Gasteiger partial charge in [-0.1, -0.05) is 13.8 Å². The lowest BCUT2D eigenvalue weighted by atomic mass is 9.69. The molecular weight excluding hydrogens is 216 g/mol. The second-order valence-electron chi connectivity index (χ2n) is 5.83. The van der Waals surface area contributed by atoms with E-state index in [1.807, 2.05) is 13.8 Å². The fraction of sp³-hybridized carbons (Fsp3) is 0.857. The molecule has 1 aliphatic carbocycles. The van der Waals surface area contributed by atoms with Gasteiger partial charge >= 0.3 is 0 Å². The molecule has 0 aromatic carbocycles. The summed E-state index contributed by atoms with van der Waals surface area (Å²) in [5.41, 5.74) is 1.91. The van der Waals surface area contributed by atoms with Crippen molar-refractivity contribution in [1.82, 2.24) is 0 Å². The molecule has 2 N–H and O–H groups in total. The van der Waals surface area contributed by atoms with E-state index in [0.29, 0.717) is 6.42 Å². The molecule has 17 heavy (non-hydrogen) atoms. The zero-order chi connectivity index (χ0) is 13.2. The summed E-state index contributed by atoms with van der Waals surface area (Å²) in [7, 11) is 1.65. The van der Waals surface area contributed by atoms with Crippen LogP contribution in [0.2, 0.25) is 0 Å². The molecule has 3 unspecified atom stereocenters. The molecule has 0 spiro atoms. The van der Waals surface area contributed by atoms with Crippen LogP contribution in [0.3, 0.4) is 0 Å². The fourth-order valence-electron chi connectivity index (χ4n) is 2.80. The summed E-state index contributed by atoms with van der Waals surface area (Å²) in [6.07, 6.45) is 1.40. The second-order valence-corrected chi connectivity index (χ2v) is 5.83. The number of methoxy groups -OCH3 is 1. The minimum Gasteiger partial charge on any atom is -0.389 e. The van der Waals surface area contributed by atoms with Crippen LogP contribution in [0.1, 0.15) is 47.0 Å². The molecule has 0 aromatic heterocycles. The van der Waals surface area contributed by atoms with Crippen LogP contribution in [0.4, 0.5) is 0 Å². The summed E-state index contributed by atoms with van der Waals surface area (Å²) in [5.74, 6) is 0. The number of rotatable bonds is 4. The number of hydrogen-bond donors (Lipinski definition) is 2. The Balaban J connectivity index is 2.93. The van der Waals surface area contributed by atoms with E-state index in [-0.39, 0.29) is 11.5 Å². The average Bonchev–Trinajstić information content (AvgIpc) is 2.23. The van der Waals surface area contributed by atoms with E-state index >= 15 is 0 Å². The van der Waals surface area contributed by atoms with Crippen molar-refractivity contribution in [3.05, 3.63) is 11.1 Å². The lowest BCUT2D eigenvalue weighted by molar-refractivity contribution is 0.0546. The maximum Gasteiger partial charge on any atom is 0.0783 e. The van der Waals surface area contributed by atoms with E-state index in [0.717, 1.165) is 24.0 Å². The van der Waals surface area contributed by atoms with Crippen LogP contribution in [0, 0.1) is 5.41 Å². The number of ether oxygens (including phenoxy) is 1. The van der Waals surface area contributed by atoms with E-state index in [4.69, 9.17) is 4.74 Å². The van der Waals surface area contributed by atoms with Crippen molar-refractivity contribution >= 4 is 0 Å². The Kier molecular flexibility index (Phi) is 4.76. The van der Waals surface area contributed by atoms with Crippen LogP contribution < -0.4 is 0 Å². The molecule has 3 heteroatoms. The predicted molar refractivity (Wildman–Crippen MR) is 68.8 cm³/mol. The highest BCUT2D eigenvalue weighted by Crippen LogP contribution is 2.42. The summed E-state index contributed by atoms with van der Waals surface area (Å²) in [5, 5.41) is 20.3. The minimum atomic E-state index is -0.519. The lowest BCUT2D eigenvalue weighted by Crippen LogP contribution is -2.35. The molecule has 100 valence electrons. The van der Waals surface area contributed by atoms with Gasteiger partial charge in [0.2, 0.25) is 0 Å². The van der Waals surface area contributed by atoms with Gasteiger partial charge in [-0.05, 0) is 43.3 Å². The maximum absolute atomic E-state index is 10.4. The molecular formula is C14H26O3. The van der Waals surface area contributed by atoms with Gasteiger partial charge in [0.1, 0.15) is 0 Å². The molecule has 0 heterocycles. The molecule has 0 bridgehead atoms. The average molecular weight is 242 g/mol. The molecule has 3 nitrogen and oxygen atoms in total. The first-order valence-corrected chi connectivity index (χ1v) is 6.39. The van der Waals surface area contributed by atoms with Gasteiger partial charge in [0.15, 0.2) is 0 Å². The highest BCUT2D eigenvalue weighted by Gasteiger charge is 2.36. The Morgan fingerprint density at radius 3 is 2.59 bits per heavy atom. The van der Waals surface area contributed by atoms with Crippen molar-refractivity contribution in [2.24, 2.45) is 5.41 Å². The van der Waals surface area contributed by atoms with Crippen LogP contribution in [0.5, 0.6) is 0 Å². The topological polar surface area (TPSA) is 49.7 Å². The van der Waals surface area contributed by atoms with E-state index < -0.39 is 12.2 Å². The molecule has 0 saturated heterocycles. The third-order valence-electron chi connectivity index (χ3n) is 3.99. The largest absolute Gasteiger partial charge is 0.389 e. The highest BCUT2D eigenvalue weighted by atomic mass is 16.5. The number of aliphatic hydroxyl groups is 2. The molecule has 1 aliphatic rings. The van der Waals surface area contributed by atoms with Crippen molar-refractivity contribution in [2.75, 3.05) is 7.11 Å². The number of hydrogen-bond acceptors (Lipinski definition) is 3. The molecule has 0 saturated carbocycles. The van der Waals surface area contributed by atoms with Crippen LogP contribution in [-0.4, -0.2) is 35.6 Å². The van der Waals surface area contributed by atoms with Gasteiger partial charge in [-0.2, -0.15) is 0 Å². The predicted octanol–water partition coefficient (Wildman–Crippen LogP) is 2.27. The first kappa shape index (κ1) is 14.7. The minimum absolute atomic E-state index is 0.0279. The van der Waals surface area contributed by atoms with Crippen LogP contribution in [0.25, 0.3) is 0 Å². The van der Waals surface area contributed by atoms with Crippen molar-refractivity contribution in [1.29, 1.82) is 0 Å². The third kappa shape index (κ3) is 3.30. The molecule has 0 amide bonds. The van der Waals surface area contributed by atoms with Crippen molar-refractivity contribution in [2.45, 2.75) is 65.3 Å². The Morgan fingerprint density at radius 1 is 1.47 bits per heavy atom. The summed E-state index contributed by atoms with van der Waals surface area (Å²) in [6.45, 7) is 8.16. The van der Waals surface area contributed by atoms with E-state index in [9.17, 15) is 10.2 Å². The zero-order valence-corrected chi connectivity index (χ0v) is 11.7. The van der Waals surface area contributed by atoms with E-state index in [2.05, 4.69) is 13.8 Å². The molecule has 0 aromatic rings. The zero-order valence-electron chi connectivity index (χ0n) is 11.7. The molecule has 1 rings (SSSR count). The first-order valence-electron chi connectivity index (χ1n) is 6.39. The Bertz CT molecular complexity index is 294.